The van der Waals surface area contributed by atoms with E-state index in [9.17, 15) is 14.4 Å². The fourth-order valence-corrected chi connectivity index (χ4v) is 5.85. The molecule has 2 aromatic rings. The molecule has 1 aliphatic carbocycles. The SMILES string of the molecule is O=C1CCC(N2Cc3ccc(CNCc4ccc5n4CCNC54CCC4)cc3C2=O)C(=O)N1. The zero-order valence-corrected chi connectivity index (χ0v) is 18.7. The van der Waals surface area contributed by atoms with Crippen LogP contribution in [0, 0.1) is 0 Å². The van der Waals surface area contributed by atoms with E-state index >= 15 is 0 Å². The second kappa shape index (κ2) is 7.81. The number of benzene rings is 1. The summed E-state index contributed by atoms with van der Waals surface area (Å²) in [6.45, 7) is 3.89. The summed E-state index contributed by atoms with van der Waals surface area (Å²) < 4.78 is 2.46. The van der Waals surface area contributed by atoms with Gasteiger partial charge in [0, 0.05) is 56.1 Å². The summed E-state index contributed by atoms with van der Waals surface area (Å²) in [5, 5.41) is 9.62. The molecule has 4 aliphatic rings. The second-order valence-corrected chi connectivity index (χ2v) is 9.72. The van der Waals surface area contributed by atoms with Crippen LogP contribution in [0.15, 0.2) is 30.3 Å². The van der Waals surface area contributed by atoms with Crippen LogP contribution in [0.1, 0.15) is 65.0 Å². The molecule has 6 rings (SSSR count). The molecule has 3 N–H and O–H groups in total. The van der Waals surface area contributed by atoms with Gasteiger partial charge in [-0.05, 0) is 55.0 Å². The van der Waals surface area contributed by atoms with Crippen molar-refractivity contribution in [3.05, 3.63) is 58.4 Å². The van der Waals surface area contributed by atoms with Gasteiger partial charge >= 0.3 is 0 Å². The first-order valence-electron chi connectivity index (χ1n) is 12.0. The highest BCUT2D eigenvalue weighted by Crippen LogP contribution is 2.43. The zero-order valence-electron chi connectivity index (χ0n) is 18.7. The van der Waals surface area contributed by atoms with Crippen molar-refractivity contribution < 1.29 is 14.4 Å². The first kappa shape index (κ1) is 20.6. The average molecular weight is 448 g/mol. The number of nitrogens with zero attached hydrogens (tertiary/aromatic N) is 2. The maximum Gasteiger partial charge on any atom is 0.255 e. The Hall–Kier alpha value is -2.97. The molecule has 1 aromatic carbocycles. The van der Waals surface area contributed by atoms with Gasteiger partial charge in [0.15, 0.2) is 0 Å². The summed E-state index contributed by atoms with van der Waals surface area (Å²) in [7, 11) is 0. The van der Waals surface area contributed by atoms with Crippen molar-refractivity contribution in [1.82, 2.24) is 25.4 Å². The van der Waals surface area contributed by atoms with Gasteiger partial charge in [-0.2, -0.15) is 0 Å². The lowest BCUT2D eigenvalue weighted by molar-refractivity contribution is -0.136. The van der Waals surface area contributed by atoms with E-state index in [4.69, 9.17) is 0 Å². The van der Waals surface area contributed by atoms with Crippen LogP contribution in [0.25, 0.3) is 0 Å². The topological polar surface area (TPSA) is 95.5 Å². The van der Waals surface area contributed by atoms with Crippen molar-refractivity contribution in [2.75, 3.05) is 6.54 Å². The molecule has 1 unspecified atom stereocenters. The standard InChI is InChI=1S/C25H29N5O3/c31-22-7-5-20(23(32)28-22)30-15-17-3-2-16(12-19(17)24(30)33)13-26-14-18-4-6-21-25(8-1-9-25)27-10-11-29(18)21/h2-4,6,12,20,26-27H,1,5,7-11,13-15H2,(H,28,31,32). The number of hydrogen-bond donors (Lipinski definition) is 3. The van der Waals surface area contributed by atoms with Gasteiger partial charge in [-0.3, -0.25) is 19.7 Å². The maximum atomic E-state index is 13.0. The fraction of sp³-hybridized carbons (Fsp3) is 0.480. The van der Waals surface area contributed by atoms with E-state index < -0.39 is 6.04 Å². The van der Waals surface area contributed by atoms with Crippen LogP contribution in [-0.4, -0.2) is 39.8 Å². The van der Waals surface area contributed by atoms with Gasteiger partial charge < -0.3 is 20.1 Å². The summed E-state index contributed by atoms with van der Waals surface area (Å²) in [4.78, 5) is 38.3. The van der Waals surface area contributed by atoms with Crippen LogP contribution in [0.5, 0.6) is 0 Å². The van der Waals surface area contributed by atoms with Gasteiger partial charge in [0.25, 0.3) is 5.91 Å². The van der Waals surface area contributed by atoms with E-state index in [2.05, 4.69) is 32.7 Å². The average Bonchev–Trinajstić information content (AvgIpc) is 3.34. The molecule has 1 aromatic heterocycles. The Balaban J connectivity index is 1.11. The van der Waals surface area contributed by atoms with Crippen molar-refractivity contribution in [2.24, 2.45) is 0 Å². The molecule has 4 heterocycles. The number of imide groups is 1. The van der Waals surface area contributed by atoms with Gasteiger partial charge in [-0.25, -0.2) is 0 Å². The minimum Gasteiger partial charge on any atom is -0.344 e. The van der Waals surface area contributed by atoms with Gasteiger partial charge in [0.2, 0.25) is 11.8 Å². The van der Waals surface area contributed by atoms with E-state index in [-0.39, 0.29) is 29.7 Å². The quantitative estimate of drug-likeness (QED) is 0.604. The molecule has 172 valence electrons. The smallest absolute Gasteiger partial charge is 0.255 e. The summed E-state index contributed by atoms with van der Waals surface area (Å²) in [5.41, 5.74) is 5.58. The van der Waals surface area contributed by atoms with Crippen LogP contribution < -0.4 is 16.0 Å². The zero-order chi connectivity index (χ0) is 22.6. The summed E-state index contributed by atoms with van der Waals surface area (Å²) >= 11 is 0. The van der Waals surface area contributed by atoms with Crippen molar-refractivity contribution in [3.8, 4) is 0 Å². The molecule has 1 spiro atoms. The first-order chi connectivity index (χ1) is 16.0. The van der Waals surface area contributed by atoms with E-state index in [1.165, 1.54) is 30.7 Å². The highest BCUT2D eigenvalue weighted by atomic mass is 16.2. The number of carbonyl (C=O) groups excluding carboxylic acids is 3. The molecule has 1 saturated carbocycles. The van der Waals surface area contributed by atoms with Crippen molar-refractivity contribution in [3.63, 3.8) is 0 Å². The predicted octanol–water partition coefficient (Wildman–Crippen LogP) is 1.52. The Morgan fingerprint density at radius 2 is 1.97 bits per heavy atom. The lowest BCUT2D eigenvalue weighted by atomic mass is 9.73. The molecule has 1 saturated heterocycles. The van der Waals surface area contributed by atoms with E-state index in [0.29, 0.717) is 25.1 Å². The number of hydrogen-bond acceptors (Lipinski definition) is 5. The Bertz CT molecular complexity index is 1150. The number of fused-ring (bicyclic) bond motifs is 3. The number of nitrogens with one attached hydrogen (secondary N) is 3. The minimum absolute atomic E-state index is 0.125. The third-order valence-electron chi connectivity index (χ3n) is 7.80. The maximum absolute atomic E-state index is 13.0. The first-order valence-corrected chi connectivity index (χ1v) is 12.0. The normalized spacial score (nSPS) is 23.3. The van der Waals surface area contributed by atoms with Gasteiger partial charge in [0.05, 0.1) is 5.54 Å². The number of rotatable bonds is 5. The lowest BCUT2D eigenvalue weighted by Crippen LogP contribution is -2.53. The minimum atomic E-state index is -0.571. The number of carbonyl (C=O) groups is 3. The third kappa shape index (κ3) is 3.40. The summed E-state index contributed by atoms with van der Waals surface area (Å²) in [6, 6.07) is 9.92. The van der Waals surface area contributed by atoms with E-state index in [1.807, 2.05) is 18.2 Å². The Morgan fingerprint density at radius 3 is 2.76 bits per heavy atom. The second-order valence-electron chi connectivity index (χ2n) is 9.72. The number of amides is 3. The number of aromatic nitrogens is 1. The third-order valence-corrected chi connectivity index (χ3v) is 7.80. The van der Waals surface area contributed by atoms with E-state index in [0.717, 1.165) is 30.8 Å². The predicted molar refractivity (Wildman–Crippen MR) is 121 cm³/mol. The summed E-state index contributed by atoms with van der Waals surface area (Å²) in [5.74, 6) is -0.763. The largest absolute Gasteiger partial charge is 0.344 e. The Morgan fingerprint density at radius 1 is 1.09 bits per heavy atom. The monoisotopic (exact) mass is 447 g/mol. The Kier molecular flexibility index (Phi) is 4.88. The molecule has 2 fully saturated rings. The molecule has 1 atom stereocenters. The van der Waals surface area contributed by atoms with Crippen LogP contribution >= 0.6 is 0 Å². The fourth-order valence-electron chi connectivity index (χ4n) is 5.85. The molecular formula is C25H29N5O3. The molecule has 0 bridgehead atoms. The lowest BCUT2D eigenvalue weighted by Gasteiger charge is -2.46. The highest BCUT2D eigenvalue weighted by molar-refractivity contribution is 6.05. The van der Waals surface area contributed by atoms with Crippen molar-refractivity contribution >= 4 is 17.7 Å². The molecule has 8 heteroatoms. The van der Waals surface area contributed by atoms with Gasteiger partial charge in [0.1, 0.15) is 6.04 Å². The van der Waals surface area contributed by atoms with Crippen molar-refractivity contribution in [1.29, 1.82) is 0 Å². The highest BCUT2D eigenvalue weighted by Gasteiger charge is 2.42. The molecular weight excluding hydrogens is 418 g/mol. The number of piperidine rings is 1. The van der Waals surface area contributed by atoms with Crippen molar-refractivity contribution in [2.45, 2.75) is 69.9 Å². The van der Waals surface area contributed by atoms with Crippen LogP contribution in [0.3, 0.4) is 0 Å². The molecule has 3 aliphatic heterocycles. The van der Waals surface area contributed by atoms with E-state index in [1.54, 1.807) is 4.90 Å². The van der Waals surface area contributed by atoms with Gasteiger partial charge in [-0.15, -0.1) is 0 Å². The van der Waals surface area contributed by atoms with Crippen LogP contribution in [0.4, 0.5) is 0 Å². The van der Waals surface area contributed by atoms with Crippen LogP contribution in [-0.2, 0) is 41.3 Å². The summed E-state index contributed by atoms with van der Waals surface area (Å²) in [6.07, 6.45) is 4.40. The molecule has 3 amide bonds. The molecule has 8 nitrogen and oxygen atoms in total. The molecule has 0 radical (unpaired) electrons. The van der Waals surface area contributed by atoms with Gasteiger partial charge in [-0.1, -0.05) is 12.1 Å². The van der Waals surface area contributed by atoms with Crippen LogP contribution in [0.2, 0.25) is 0 Å². The Labute approximate surface area is 192 Å². The molecule has 33 heavy (non-hydrogen) atoms.